The van der Waals surface area contributed by atoms with E-state index in [1.807, 2.05) is 0 Å². The number of furan rings is 1. The SMILES string of the molecule is COCCn1ncc(Cl)c1C(O)c1ccc(Cl)o1. The Morgan fingerprint density at radius 3 is 2.89 bits per heavy atom. The van der Waals surface area contributed by atoms with Gasteiger partial charge in [-0.25, -0.2) is 0 Å². The van der Waals surface area contributed by atoms with E-state index in [4.69, 9.17) is 32.4 Å². The van der Waals surface area contributed by atoms with Crippen LogP contribution in [0.1, 0.15) is 17.6 Å². The first-order valence-electron chi connectivity index (χ1n) is 5.27. The summed E-state index contributed by atoms with van der Waals surface area (Å²) in [7, 11) is 1.59. The van der Waals surface area contributed by atoms with Crippen LogP contribution in [0.3, 0.4) is 0 Å². The largest absolute Gasteiger partial charge is 0.447 e. The highest BCUT2D eigenvalue weighted by atomic mass is 35.5. The van der Waals surface area contributed by atoms with Gasteiger partial charge in [0.15, 0.2) is 11.3 Å². The van der Waals surface area contributed by atoms with Gasteiger partial charge in [0.25, 0.3) is 0 Å². The van der Waals surface area contributed by atoms with E-state index < -0.39 is 6.10 Å². The van der Waals surface area contributed by atoms with Crippen LogP contribution >= 0.6 is 23.2 Å². The molecule has 1 atom stereocenters. The van der Waals surface area contributed by atoms with Gasteiger partial charge < -0.3 is 14.3 Å². The van der Waals surface area contributed by atoms with Crippen molar-refractivity contribution >= 4 is 23.2 Å². The Morgan fingerprint density at radius 2 is 2.28 bits per heavy atom. The topological polar surface area (TPSA) is 60.4 Å². The van der Waals surface area contributed by atoms with Gasteiger partial charge in [-0.2, -0.15) is 5.10 Å². The Labute approximate surface area is 114 Å². The molecule has 98 valence electrons. The molecule has 0 spiro atoms. The van der Waals surface area contributed by atoms with Gasteiger partial charge >= 0.3 is 0 Å². The van der Waals surface area contributed by atoms with E-state index in [-0.39, 0.29) is 5.22 Å². The molecule has 0 aliphatic carbocycles. The minimum Gasteiger partial charge on any atom is -0.447 e. The number of aliphatic hydroxyl groups is 1. The third-order valence-electron chi connectivity index (χ3n) is 2.46. The Bertz CT molecular complexity index is 524. The van der Waals surface area contributed by atoms with Crippen molar-refractivity contribution < 1.29 is 14.3 Å². The Morgan fingerprint density at radius 1 is 1.50 bits per heavy atom. The van der Waals surface area contributed by atoms with Gasteiger partial charge in [0.1, 0.15) is 5.76 Å². The van der Waals surface area contributed by atoms with E-state index in [0.29, 0.717) is 29.6 Å². The van der Waals surface area contributed by atoms with Crippen LogP contribution in [-0.2, 0) is 11.3 Å². The molecular weight excluding hydrogens is 279 g/mol. The molecule has 0 bridgehead atoms. The third-order valence-corrected chi connectivity index (χ3v) is 2.96. The number of hydrogen-bond donors (Lipinski definition) is 1. The molecular formula is C11H12Cl2N2O3. The third kappa shape index (κ3) is 2.70. The van der Waals surface area contributed by atoms with Crippen LogP contribution in [0.15, 0.2) is 22.7 Å². The summed E-state index contributed by atoms with van der Waals surface area (Å²) < 4.78 is 11.7. The molecule has 0 aliphatic heterocycles. The summed E-state index contributed by atoms with van der Waals surface area (Å²) in [6.45, 7) is 0.959. The highest BCUT2D eigenvalue weighted by Gasteiger charge is 2.22. The highest BCUT2D eigenvalue weighted by molar-refractivity contribution is 6.31. The second-order valence-electron chi connectivity index (χ2n) is 3.64. The van der Waals surface area contributed by atoms with Gasteiger partial charge in [-0.15, -0.1) is 0 Å². The summed E-state index contributed by atoms with van der Waals surface area (Å²) in [5.74, 6) is 0.320. The monoisotopic (exact) mass is 290 g/mol. The number of rotatable bonds is 5. The molecule has 0 radical (unpaired) electrons. The number of methoxy groups -OCH3 is 1. The first-order valence-corrected chi connectivity index (χ1v) is 6.02. The van der Waals surface area contributed by atoms with Crippen molar-refractivity contribution in [3.63, 3.8) is 0 Å². The lowest BCUT2D eigenvalue weighted by atomic mass is 10.2. The van der Waals surface area contributed by atoms with Gasteiger partial charge in [0, 0.05) is 7.11 Å². The maximum atomic E-state index is 10.2. The zero-order valence-corrected chi connectivity index (χ0v) is 11.1. The standard InChI is InChI=1S/C11H12Cl2N2O3/c1-17-5-4-15-10(7(12)6-14-15)11(16)8-2-3-9(13)18-8/h2-3,6,11,16H,4-5H2,1H3. The van der Waals surface area contributed by atoms with E-state index in [9.17, 15) is 5.11 Å². The van der Waals surface area contributed by atoms with Crippen molar-refractivity contribution in [1.82, 2.24) is 9.78 Å². The van der Waals surface area contributed by atoms with Crippen LogP contribution < -0.4 is 0 Å². The summed E-state index contributed by atoms with van der Waals surface area (Å²) in [6, 6.07) is 3.15. The molecule has 0 aliphatic rings. The number of aliphatic hydroxyl groups excluding tert-OH is 1. The zero-order valence-electron chi connectivity index (χ0n) is 9.64. The Kier molecular flexibility index (Phi) is 4.29. The molecule has 5 nitrogen and oxygen atoms in total. The van der Waals surface area contributed by atoms with Gasteiger partial charge in [-0.1, -0.05) is 11.6 Å². The van der Waals surface area contributed by atoms with E-state index in [2.05, 4.69) is 5.10 Å². The molecule has 1 unspecified atom stereocenters. The molecule has 2 aromatic rings. The number of nitrogens with zero attached hydrogens (tertiary/aromatic N) is 2. The molecule has 2 aromatic heterocycles. The lowest BCUT2D eigenvalue weighted by Crippen LogP contribution is -2.13. The first-order chi connectivity index (χ1) is 8.63. The van der Waals surface area contributed by atoms with E-state index in [1.54, 1.807) is 23.9 Å². The second kappa shape index (κ2) is 5.75. The number of ether oxygens (including phenoxy) is 1. The van der Waals surface area contributed by atoms with E-state index in [0.717, 1.165) is 0 Å². The lowest BCUT2D eigenvalue weighted by molar-refractivity contribution is 0.161. The van der Waals surface area contributed by atoms with Gasteiger partial charge in [0.05, 0.1) is 30.1 Å². The number of hydrogen-bond acceptors (Lipinski definition) is 4. The van der Waals surface area contributed by atoms with Crippen molar-refractivity contribution in [2.75, 3.05) is 13.7 Å². The average molecular weight is 291 g/mol. The maximum absolute atomic E-state index is 10.2. The second-order valence-corrected chi connectivity index (χ2v) is 4.42. The average Bonchev–Trinajstić information content (AvgIpc) is 2.92. The van der Waals surface area contributed by atoms with Crippen LogP contribution in [0.4, 0.5) is 0 Å². The molecule has 1 N–H and O–H groups in total. The predicted molar refractivity (Wildman–Crippen MR) is 66.9 cm³/mol. The van der Waals surface area contributed by atoms with Crippen LogP contribution in [0, 0.1) is 0 Å². The smallest absolute Gasteiger partial charge is 0.193 e. The molecule has 7 heteroatoms. The normalized spacial score (nSPS) is 12.9. The summed E-state index contributed by atoms with van der Waals surface area (Å²) in [6.07, 6.45) is 0.463. The summed E-state index contributed by atoms with van der Waals surface area (Å²) in [5.41, 5.74) is 0.458. The fraction of sp³-hybridized carbons (Fsp3) is 0.364. The van der Waals surface area contributed by atoms with Crippen molar-refractivity contribution in [3.8, 4) is 0 Å². The summed E-state index contributed by atoms with van der Waals surface area (Å²) >= 11 is 11.7. The van der Waals surface area contributed by atoms with Crippen molar-refractivity contribution in [1.29, 1.82) is 0 Å². The molecule has 0 aromatic carbocycles. The Balaban J connectivity index is 2.28. The quantitative estimate of drug-likeness (QED) is 0.919. The fourth-order valence-electron chi connectivity index (χ4n) is 1.61. The predicted octanol–water partition coefficient (Wildman–Crippen LogP) is 2.51. The lowest BCUT2D eigenvalue weighted by Gasteiger charge is -2.11. The van der Waals surface area contributed by atoms with Crippen LogP contribution in [-0.4, -0.2) is 28.6 Å². The summed E-state index contributed by atoms with van der Waals surface area (Å²) in [4.78, 5) is 0. The molecule has 0 saturated carbocycles. The van der Waals surface area contributed by atoms with Crippen LogP contribution in [0.25, 0.3) is 0 Å². The van der Waals surface area contributed by atoms with Crippen LogP contribution in [0.2, 0.25) is 10.2 Å². The van der Waals surface area contributed by atoms with Crippen molar-refractivity contribution in [2.45, 2.75) is 12.6 Å². The first kappa shape index (κ1) is 13.4. The van der Waals surface area contributed by atoms with Crippen molar-refractivity contribution in [3.05, 3.63) is 40.0 Å². The highest BCUT2D eigenvalue weighted by Crippen LogP contribution is 2.30. The minimum absolute atomic E-state index is 0.211. The number of aromatic nitrogens is 2. The van der Waals surface area contributed by atoms with Gasteiger partial charge in [-0.05, 0) is 23.7 Å². The zero-order chi connectivity index (χ0) is 13.1. The van der Waals surface area contributed by atoms with E-state index in [1.165, 1.54) is 6.20 Å². The minimum atomic E-state index is -1.01. The molecule has 18 heavy (non-hydrogen) atoms. The molecule has 0 fully saturated rings. The molecule has 0 amide bonds. The Hall–Kier alpha value is -1.01. The molecule has 2 rings (SSSR count). The van der Waals surface area contributed by atoms with Gasteiger partial charge in [-0.3, -0.25) is 4.68 Å². The van der Waals surface area contributed by atoms with E-state index >= 15 is 0 Å². The summed E-state index contributed by atoms with van der Waals surface area (Å²) in [5, 5.41) is 14.9. The number of halogens is 2. The molecule has 2 heterocycles. The molecule has 0 saturated heterocycles. The maximum Gasteiger partial charge on any atom is 0.193 e. The van der Waals surface area contributed by atoms with Crippen molar-refractivity contribution in [2.24, 2.45) is 0 Å². The van der Waals surface area contributed by atoms with Crippen LogP contribution in [0.5, 0.6) is 0 Å². The van der Waals surface area contributed by atoms with Gasteiger partial charge in [0.2, 0.25) is 0 Å². The fourth-order valence-corrected chi connectivity index (χ4v) is 2.01.